The fraction of sp³-hybridized carbons (Fsp3) is 0.111. The standard InChI is InChI=1S/C18H12Cl2F2N4S/c19-11-4-13-10(7-23-17(13)24-8-11)3-15-16(20)26-18(27-15)25-6-9-1-2-12(21)5-14(9)22/h1-2,4-5,7-8H,3,6H2,(H,23,24)(H,25,26). The number of anilines is 1. The Labute approximate surface area is 167 Å². The number of hydrogen-bond acceptors (Lipinski definition) is 4. The molecule has 0 fully saturated rings. The number of aromatic nitrogens is 3. The van der Waals surface area contributed by atoms with Crippen LogP contribution in [0.2, 0.25) is 10.2 Å². The lowest BCUT2D eigenvalue weighted by molar-refractivity contribution is 0.574. The first-order valence-corrected chi connectivity index (χ1v) is 9.51. The lowest BCUT2D eigenvalue weighted by Gasteiger charge is -2.04. The molecule has 27 heavy (non-hydrogen) atoms. The molecule has 138 valence electrons. The van der Waals surface area contributed by atoms with Gasteiger partial charge in [0.2, 0.25) is 0 Å². The second-order valence-electron chi connectivity index (χ2n) is 5.86. The fourth-order valence-electron chi connectivity index (χ4n) is 2.71. The van der Waals surface area contributed by atoms with Crippen molar-refractivity contribution in [2.75, 3.05) is 5.32 Å². The van der Waals surface area contributed by atoms with Crippen molar-refractivity contribution in [1.29, 1.82) is 0 Å². The van der Waals surface area contributed by atoms with Gasteiger partial charge in [-0.2, -0.15) is 0 Å². The zero-order valence-corrected chi connectivity index (χ0v) is 16.0. The summed E-state index contributed by atoms with van der Waals surface area (Å²) in [7, 11) is 0. The van der Waals surface area contributed by atoms with Crippen LogP contribution in [0, 0.1) is 11.6 Å². The van der Waals surface area contributed by atoms with Crippen LogP contribution in [0.4, 0.5) is 13.9 Å². The number of aromatic amines is 1. The van der Waals surface area contributed by atoms with Gasteiger partial charge in [0.1, 0.15) is 22.4 Å². The molecule has 0 aliphatic rings. The molecule has 3 aromatic heterocycles. The zero-order valence-electron chi connectivity index (χ0n) is 13.7. The summed E-state index contributed by atoms with van der Waals surface area (Å²) in [6, 6.07) is 5.32. The van der Waals surface area contributed by atoms with Gasteiger partial charge in [0, 0.05) is 42.4 Å². The van der Waals surface area contributed by atoms with Crippen LogP contribution in [0.1, 0.15) is 16.0 Å². The van der Waals surface area contributed by atoms with Crippen LogP contribution in [0.3, 0.4) is 0 Å². The van der Waals surface area contributed by atoms with Gasteiger partial charge in [0.15, 0.2) is 5.13 Å². The summed E-state index contributed by atoms with van der Waals surface area (Å²) in [5.41, 5.74) is 2.10. The number of pyridine rings is 1. The molecule has 4 aromatic rings. The summed E-state index contributed by atoms with van der Waals surface area (Å²) >= 11 is 13.7. The van der Waals surface area contributed by atoms with Crippen molar-refractivity contribution >= 4 is 50.7 Å². The number of halogens is 4. The average molecular weight is 425 g/mol. The Morgan fingerprint density at radius 2 is 2.00 bits per heavy atom. The highest BCUT2D eigenvalue weighted by Crippen LogP contribution is 2.31. The van der Waals surface area contributed by atoms with Gasteiger partial charge in [-0.1, -0.05) is 29.3 Å². The summed E-state index contributed by atoms with van der Waals surface area (Å²) in [5, 5.41) is 5.46. The quantitative estimate of drug-likeness (QED) is 0.425. The van der Waals surface area contributed by atoms with Crippen LogP contribution in [0.5, 0.6) is 0 Å². The van der Waals surface area contributed by atoms with Crippen LogP contribution >= 0.6 is 34.5 Å². The minimum Gasteiger partial charge on any atom is -0.357 e. The lowest BCUT2D eigenvalue weighted by atomic mass is 10.1. The van der Waals surface area contributed by atoms with Crippen LogP contribution in [-0.2, 0) is 13.0 Å². The van der Waals surface area contributed by atoms with Gasteiger partial charge in [0.25, 0.3) is 0 Å². The largest absolute Gasteiger partial charge is 0.357 e. The van der Waals surface area contributed by atoms with E-state index in [9.17, 15) is 8.78 Å². The third-order valence-electron chi connectivity index (χ3n) is 4.03. The summed E-state index contributed by atoms with van der Waals surface area (Å²) in [4.78, 5) is 12.5. The monoisotopic (exact) mass is 424 g/mol. The van der Waals surface area contributed by atoms with Gasteiger partial charge in [-0.05, 0) is 17.7 Å². The Balaban J connectivity index is 1.51. The first-order valence-electron chi connectivity index (χ1n) is 7.94. The smallest absolute Gasteiger partial charge is 0.184 e. The second kappa shape index (κ2) is 7.42. The normalized spacial score (nSPS) is 11.3. The van der Waals surface area contributed by atoms with E-state index < -0.39 is 11.6 Å². The fourth-order valence-corrected chi connectivity index (χ4v) is 4.05. The Kier molecular flexibility index (Phi) is 4.99. The number of H-pyrrole nitrogens is 1. The molecule has 0 atom stereocenters. The van der Waals surface area contributed by atoms with Crippen LogP contribution in [-0.4, -0.2) is 15.0 Å². The molecule has 4 nitrogen and oxygen atoms in total. The summed E-state index contributed by atoms with van der Waals surface area (Å²) in [6.07, 6.45) is 4.01. The summed E-state index contributed by atoms with van der Waals surface area (Å²) < 4.78 is 26.7. The third kappa shape index (κ3) is 3.90. The molecule has 0 amide bonds. The Morgan fingerprint density at radius 1 is 1.15 bits per heavy atom. The zero-order chi connectivity index (χ0) is 19.0. The number of rotatable bonds is 5. The first kappa shape index (κ1) is 18.2. The van der Waals surface area contributed by atoms with Gasteiger partial charge < -0.3 is 10.3 Å². The van der Waals surface area contributed by atoms with E-state index in [1.807, 2.05) is 12.3 Å². The molecule has 0 saturated carbocycles. The number of thiazole rings is 1. The van der Waals surface area contributed by atoms with E-state index in [4.69, 9.17) is 23.2 Å². The highest BCUT2D eigenvalue weighted by atomic mass is 35.5. The van der Waals surface area contributed by atoms with Gasteiger partial charge in [-0.25, -0.2) is 18.7 Å². The van der Waals surface area contributed by atoms with Crippen LogP contribution in [0.25, 0.3) is 11.0 Å². The van der Waals surface area contributed by atoms with Crippen molar-refractivity contribution in [2.45, 2.75) is 13.0 Å². The molecule has 3 heterocycles. The molecule has 0 aliphatic carbocycles. The Hall–Kier alpha value is -2.22. The third-order valence-corrected chi connectivity index (χ3v) is 5.67. The number of fused-ring (bicyclic) bond motifs is 1. The van der Waals surface area contributed by atoms with Gasteiger partial charge >= 0.3 is 0 Å². The maximum atomic E-state index is 13.7. The SMILES string of the molecule is Fc1ccc(CNc2nc(Cl)c(Cc3c[nH]c4ncc(Cl)cc34)s2)c(F)c1. The molecule has 1 aromatic carbocycles. The predicted molar refractivity (Wildman–Crippen MR) is 105 cm³/mol. The lowest BCUT2D eigenvalue weighted by Crippen LogP contribution is -2.01. The number of nitrogens with one attached hydrogen (secondary N) is 2. The Morgan fingerprint density at radius 3 is 2.81 bits per heavy atom. The highest BCUT2D eigenvalue weighted by molar-refractivity contribution is 7.16. The molecule has 0 unspecified atom stereocenters. The molecule has 2 N–H and O–H groups in total. The molecule has 0 spiro atoms. The van der Waals surface area contributed by atoms with Gasteiger partial charge in [-0.3, -0.25) is 0 Å². The van der Waals surface area contributed by atoms with Gasteiger partial charge in [0.05, 0.1) is 9.90 Å². The number of benzene rings is 1. The predicted octanol–water partition coefficient (Wildman–Crippen LogP) is 5.81. The van der Waals surface area contributed by atoms with Crippen molar-refractivity contribution in [1.82, 2.24) is 15.0 Å². The van der Waals surface area contributed by atoms with Crippen molar-refractivity contribution < 1.29 is 8.78 Å². The number of hydrogen-bond donors (Lipinski definition) is 2. The summed E-state index contributed by atoms with van der Waals surface area (Å²) in [6.45, 7) is 0.183. The van der Waals surface area contributed by atoms with Crippen LogP contribution < -0.4 is 5.32 Å². The van der Waals surface area contributed by atoms with E-state index in [0.29, 0.717) is 27.3 Å². The van der Waals surface area contributed by atoms with Crippen molar-refractivity contribution in [3.8, 4) is 0 Å². The van der Waals surface area contributed by atoms with Crippen LogP contribution in [0.15, 0.2) is 36.7 Å². The molecule has 9 heteroatoms. The topological polar surface area (TPSA) is 53.6 Å². The van der Waals surface area contributed by atoms with Gasteiger partial charge in [-0.15, -0.1) is 11.3 Å². The van der Waals surface area contributed by atoms with E-state index in [2.05, 4.69) is 20.3 Å². The second-order valence-corrected chi connectivity index (χ2v) is 7.74. The van der Waals surface area contributed by atoms with Crippen molar-refractivity contribution in [3.05, 3.63) is 74.5 Å². The number of nitrogens with zero attached hydrogens (tertiary/aromatic N) is 2. The van der Waals surface area contributed by atoms with Crippen molar-refractivity contribution in [2.24, 2.45) is 0 Å². The molecule has 0 saturated heterocycles. The molecular weight excluding hydrogens is 413 g/mol. The minimum atomic E-state index is -0.607. The summed E-state index contributed by atoms with van der Waals surface area (Å²) in [5.74, 6) is -1.21. The Bertz CT molecular complexity index is 1130. The molecule has 0 bridgehead atoms. The minimum absolute atomic E-state index is 0.183. The molecular formula is C18H12Cl2F2N4S. The average Bonchev–Trinajstić information content (AvgIpc) is 3.18. The van der Waals surface area contributed by atoms with E-state index in [1.54, 1.807) is 6.20 Å². The molecule has 4 rings (SSSR count). The highest BCUT2D eigenvalue weighted by Gasteiger charge is 2.14. The van der Waals surface area contributed by atoms with E-state index >= 15 is 0 Å². The molecule has 0 radical (unpaired) electrons. The first-order chi connectivity index (χ1) is 13.0. The maximum Gasteiger partial charge on any atom is 0.184 e. The van der Waals surface area contributed by atoms with E-state index in [-0.39, 0.29) is 6.54 Å². The van der Waals surface area contributed by atoms with E-state index in [1.165, 1.54) is 23.5 Å². The van der Waals surface area contributed by atoms with Crippen molar-refractivity contribution in [3.63, 3.8) is 0 Å². The van der Waals surface area contributed by atoms with E-state index in [0.717, 1.165) is 27.5 Å². The maximum absolute atomic E-state index is 13.7. The molecule has 0 aliphatic heterocycles.